The zero-order valence-electron chi connectivity index (χ0n) is 10.2. The molecule has 3 aliphatic rings. The molecule has 0 radical (unpaired) electrons. The third kappa shape index (κ3) is 1.27. The van der Waals surface area contributed by atoms with E-state index in [4.69, 9.17) is 9.47 Å². The number of benzene rings is 1. The number of hydrogen-bond donors (Lipinski definition) is 0. The summed E-state index contributed by atoms with van der Waals surface area (Å²) in [7, 11) is 1.65. The molecule has 2 heterocycles. The molecule has 4 unspecified atom stereocenters. The van der Waals surface area contributed by atoms with Gasteiger partial charge in [-0.1, -0.05) is 12.1 Å². The average Bonchev–Trinajstić information content (AvgIpc) is 3.00. The second-order valence-corrected chi connectivity index (χ2v) is 5.28. The Kier molecular flexibility index (Phi) is 2.01. The Balaban J connectivity index is 1.63. The lowest BCUT2D eigenvalue weighted by molar-refractivity contribution is -0.136. The van der Waals surface area contributed by atoms with E-state index in [0.29, 0.717) is 24.5 Å². The number of carbonyl (C=O) groups excluding carboxylic acids is 1. The Morgan fingerprint density at radius 1 is 1.33 bits per heavy atom. The van der Waals surface area contributed by atoms with Crippen molar-refractivity contribution < 1.29 is 14.3 Å². The molecule has 4 heteroatoms. The first kappa shape index (κ1) is 10.4. The molecule has 2 saturated heterocycles. The van der Waals surface area contributed by atoms with Gasteiger partial charge in [-0.2, -0.15) is 0 Å². The number of methoxy groups -OCH3 is 1. The largest absolute Gasteiger partial charge is 0.497 e. The zero-order chi connectivity index (χ0) is 12.3. The molecular formula is C14H15NO3. The van der Waals surface area contributed by atoms with E-state index in [1.165, 1.54) is 0 Å². The maximum Gasteiger partial charge on any atom is 0.228 e. The number of carbonyl (C=O) groups is 1. The number of rotatable bonds is 2. The summed E-state index contributed by atoms with van der Waals surface area (Å²) in [6, 6.07) is 8.09. The van der Waals surface area contributed by atoms with Crippen molar-refractivity contribution in [1.82, 2.24) is 4.90 Å². The summed E-state index contributed by atoms with van der Waals surface area (Å²) in [4.78, 5) is 14.1. The van der Waals surface area contributed by atoms with Gasteiger partial charge in [0.05, 0.1) is 19.8 Å². The lowest BCUT2D eigenvalue weighted by atomic mass is 10.1. The first-order chi connectivity index (χ1) is 8.79. The van der Waals surface area contributed by atoms with Crippen molar-refractivity contribution >= 4 is 5.91 Å². The summed E-state index contributed by atoms with van der Waals surface area (Å²) >= 11 is 0. The van der Waals surface area contributed by atoms with Gasteiger partial charge in [0.15, 0.2) is 6.23 Å². The van der Waals surface area contributed by atoms with Crippen LogP contribution in [0.2, 0.25) is 0 Å². The van der Waals surface area contributed by atoms with Crippen LogP contribution in [-0.2, 0) is 9.53 Å². The van der Waals surface area contributed by atoms with Crippen LogP contribution >= 0.6 is 0 Å². The van der Waals surface area contributed by atoms with Crippen molar-refractivity contribution in [2.24, 2.45) is 11.8 Å². The molecule has 2 aliphatic heterocycles. The normalized spacial score (nSPS) is 36.5. The van der Waals surface area contributed by atoms with Crippen LogP contribution in [0.15, 0.2) is 24.3 Å². The molecule has 0 bridgehead atoms. The van der Waals surface area contributed by atoms with Crippen LogP contribution in [0.4, 0.5) is 0 Å². The minimum atomic E-state index is -0.193. The summed E-state index contributed by atoms with van der Waals surface area (Å²) in [5.74, 6) is 1.95. The Morgan fingerprint density at radius 2 is 2.11 bits per heavy atom. The fraction of sp³-hybridized carbons (Fsp3) is 0.500. The van der Waals surface area contributed by atoms with E-state index in [9.17, 15) is 4.79 Å². The highest BCUT2D eigenvalue weighted by atomic mass is 16.5. The minimum absolute atomic E-state index is 0.193. The maximum atomic E-state index is 12.2. The van der Waals surface area contributed by atoms with Gasteiger partial charge in [0.2, 0.25) is 5.91 Å². The molecular weight excluding hydrogens is 230 g/mol. The van der Waals surface area contributed by atoms with Gasteiger partial charge in [0.25, 0.3) is 0 Å². The van der Waals surface area contributed by atoms with E-state index in [0.717, 1.165) is 17.7 Å². The Morgan fingerprint density at radius 3 is 2.83 bits per heavy atom. The molecule has 94 valence electrons. The van der Waals surface area contributed by atoms with Crippen molar-refractivity contribution in [2.45, 2.75) is 18.7 Å². The monoisotopic (exact) mass is 245 g/mol. The fourth-order valence-corrected chi connectivity index (χ4v) is 3.27. The highest BCUT2D eigenvalue weighted by Gasteiger charge is 2.62. The quantitative estimate of drug-likeness (QED) is 0.794. The van der Waals surface area contributed by atoms with E-state index in [1.807, 2.05) is 29.2 Å². The third-order valence-electron chi connectivity index (χ3n) is 4.34. The van der Waals surface area contributed by atoms with Crippen LogP contribution in [0, 0.1) is 11.8 Å². The van der Waals surface area contributed by atoms with Gasteiger partial charge in [-0.3, -0.25) is 4.79 Å². The molecule has 4 atom stereocenters. The van der Waals surface area contributed by atoms with E-state index >= 15 is 0 Å². The predicted molar refractivity (Wildman–Crippen MR) is 63.9 cm³/mol. The number of amides is 1. The highest BCUT2D eigenvalue weighted by Crippen LogP contribution is 2.55. The predicted octanol–water partition coefficient (Wildman–Crippen LogP) is 1.57. The molecule has 0 spiro atoms. The number of fused-ring (bicyclic) bond motifs is 3. The summed E-state index contributed by atoms with van der Waals surface area (Å²) in [5, 5.41) is 0. The average molecular weight is 245 g/mol. The lowest BCUT2D eigenvalue weighted by Gasteiger charge is -2.24. The smallest absolute Gasteiger partial charge is 0.228 e. The molecule has 1 saturated carbocycles. The van der Waals surface area contributed by atoms with E-state index in [1.54, 1.807) is 7.11 Å². The first-order valence-corrected chi connectivity index (χ1v) is 6.37. The SMILES string of the molecule is COc1ccc(C2OCC3C4CC4C(=O)N23)cc1. The van der Waals surface area contributed by atoms with Crippen LogP contribution in [-0.4, -0.2) is 30.6 Å². The molecule has 4 rings (SSSR count). The molecule has 0 aromatic heterocycles. The molecule has 1 amide bonds. The lowest BCUT2D eigenvalue weighted by Crippen LogP contribution is -2.34. The number of ether oxygens (including phenoxy) is 2. The van der Waals surface area contributed by atoms with Gasteiger partial charge < -0.3 is 14.4 Å². The maximum absolute atomic E-state index is 12.2. The topological polar surface area (TPSA) is 38.8 Å². The van der Waals surface area contributed by atoms with E-state index in [2.05, 4.69) is 0 Å². The van der Waals surface area contributed by atoms with Crippen LogP contribution in [0.25, 0.3) is 0 Å². The minimum Gasteiger partial charge on any atom is -0.497 e. The van der Waals surface area contributed by atoms with Gasteiger partial charge in [0, 0.05) is 11.5 Å². The second-order valence-electron chi connectivity index (χ2n) is 5.28. The number of piperidine rings is 1. The van der Waals surface area contributed by atoms with Crippen molar-refractivity contribution in [3.05, 3.63) is 29.8 Å². The molecule has 0 N–H and O–H groups in total. The second kappa shape index (κ2) is 3.48. The van der Waals surface area contributed by atoms with Crippen molar-refractivity contribution in [3.63, 3.8) is 0 Å². The van der Waals surface area contributed by atoms with Gasteiger partial charge in [0.1, 0.15) is 5.75 Å². The molecule has 18 heavy (non-hydrogen) atoms. The fourth-order valence-electron chi connectivity index (χ4n) is 3.27. The van der Waals surface area contributed by atoms with Crippen molar-refractivity contribution in [3.8, 4) is 5.75 Å². The Bertz CT molecular complexity index is 498. The van der Waals surface area contributed by atoms with Crippen LogP contribution in [0.1, 0.15) is 18.2 Å². The Labute approximate surface area is 105 Å². The summed E-state index contributed by atoms with van der Waals surface area (Å²) in [6.07, 6.45) is 0.875. The first-order valence-electron chi connectivity index (χ1n) is 6.37. The number of nitrogens with zero attached hydrogens (tertiary/aromatic N) is 1. The van der Waals surface area contributed by atoms with Gasteiger partial charge in [-0.15, -0.1) is 0 Å². The van der Waals surface area contributed by atoms with Gasteiger partial charge in [-0.05, 0) is 24.5 Å². The molecule has 4 nitrogen and oxygen atoms in total. The Hall–Kier alpha value is -1.55. The van der Waals surface area contributed by atoms with Crippen molar-refractivity contribution in [2.75, 3.05) is 13.7 Å². The van der Waals surface area contributed by atoms with Crippen LogP contribution < -0.4 is 4.74 Å². The molecule has 1 aromatic rings. The summed E-state index contributed by atoms with van der Waals surface area (Å²) < 4.78 is 11.0. The third-order valence-corrected chi connectivity index (χ3v) is 4.34. The standard InChI is InChI=1S/C14H15NO3/c1-17-9-4-2-8(3-5-9)14-15-12(7-18-14)10-6-11(10)13(15)16/h2-5,10-12,14H,6-7H2,1H3. The van der Waals surface area contributed by atoms with Gasteiger partial charge >= 0.3 is 0 Å². The molecule has 3 fully saturated rings. The zero-order valence-corrected chi connectivity index (χ0v) is 10.2. The molecule has 1 aliphatic carbocycles. The highest BCUT2D eigenvalue weighted by molar-refractivity contribution is 5.86. The molecule has 1 aromatic carbocycles. The number of hydrogen-bond acceptors (Lipinski definition) is 3. The van der Waals surface area contributed by atoms with Crippen LogP contribution in [0.5, 0.6) is 5.75 Å². The van der Waals surface area contributed by atoms with Crippen molar-refractivity contribution in [1.29, 1.82) is 0 Å². The van der Waals surface area contributed by atoms with Crippen LogP contribution in [0.3, 0.4) is 0 Å². The summed E-state index contributed by atoms with van der Waals surface area (Å²) in [5.41, 5.74) is 1.04. The summed E-state index contributed by atoms with van der Waals surface area (Å²) in [6.45, 7) is 0.684. The van der Waals surface area contributed by atoms with Gasteiger partial charge in [-0.25, -0.2) is 0 Å². The van der Waals surface area contributed by atoms with E-state index < -0.39 is 0 Å². The van der Waals surface area contributed by atoms with E-state index in [-0.39, 0.29) is 12.1 Å².